The summed E-state index contributed by atoms with van der Waals surface area (Å²) in [5.74, 6) is 0. The molecule has 0 nitrogen and oxygen atoms in total. The van der Waals surface area contributed by atoms with Crippen molar-refractivity contribution >= 4 is 53.9 Å². The van der Waals surface area contributed by atoms with E-state index in [1.807, 2.05) is 0 Å². The highest BCUT2D eigenvalue weighted by molar-refractivity contribution is 6.25. The zero-order chi connectivity index (χ0) is 35.8. The number of benzene rings is 11. The van der Waals surface area contributed by atoms with E-state index in [1.165, 1.54) is 121 Å². The third-order valence-corrected chi connectivity index (χ3v) is 13.0. The van der Waals surface area contributed by atoms with Gasteiger partial charge in [0.05, 0.1) is 5.41 Å². The second kappa shape index (κ2) is 10.6. The number of hydrogen-bond acceptors (Lipinski definition) is 0. The van der Waals surface area contributed by atoms with Gasteiger partial charge in [-0.1, -0.05) is 176 Å². The van der Waals surface area contributed by atoms with Crippen LogP contribution in [0.3, 0.4) is 0 Å². The summed E-state index contributed by atoms with van der Waals surface area (Å²) in [6, 6.07) is 73.3. The topological polar surface area (TPSA) is 0 Å². The van der Waals surface area contributed by atoms with Crippen molar-refractivity contribution in [1.82, 2.24) is 0 Å². The summed E-state index contributed by atoms with van der Waals surface area (Å²) in [6.07, 6.45) is 0. The summed E-state index contributed by atoms with van der Waals surface area (Å²) >= 11 is 0. The van der Waals surface area contributed by atoms with E-state index in [4.69, 9.17) is 0 Å². The maximum atomic E-state index is 2.51. The smallest absolute Gasteiger partial charge is 0.0619 e. The molecule has 0 aliphatic heterocycles. The maximum absolute atomic E-state index is 2.51. The lowest BCUT2D eigenvalue weighted by atomic mass is 9.70. The first-order chi connectivity index (χ1) is 27.3. The van der Waals surface area contributed by atoms with Crippen LogP contribution in [0.5, 0.6) is 0 Å². The van der Waals surface area contributed by atoms with E-state index in [1.54, 1.807) is 0 Å². The first-order valence-corrected chi connectivity index (χ1v) is 19.3. The second-order valence-corrected chi connectivity index (χ2v) is 15.6. The first kappa shape index (κ1) is 29.4. The van der Waals surface area contributed by atoms with Crippen molar-refractivity contribution < 1.29 is 0 Å². The fraction of sp³-hybridized carbons (Fsp3) is 0.0182. The third-order valence-electron chi connectivity index (χ3n) is 13.0. The fourth-order valence-corrected chi connectivity index (χ4v) is 10.7. The van der Waals surface area contributed by atoms with Crippen LogP contribution in [-0.4, -0.2) is 0 Å². The fourth-order valence-electron chi connectivity index (χ4n) is 10.7. The summed E-state index contributed by atoms with van der Waals surface area (Å²) in [7, 11) is 0. The van der Waals surface area contributed by atoms with E-state index < -0.39 is 0 Å². The Labute approximate surface area is 318 Å². The van der Waals surface area contributed by atoms with Crippen molar-refractivity contribution in [1.29, 1.82) is 0 Å². The van der Waals surface area contributed by atoms with E-state index in [2.05, 4.69) is 194 Å². The molecule has 1 spiro atoms. The highest BCUT2D eigenvalue weighted by Crippen LogP contribution is 2.64. The summed E-state index contributed by atoms with van der Waals surface area (Å²) in [5.41, 5.74) is 15.5. The van der Waals surface area contributed by atoms with E-state index in [0.29, 0.717) is 0 Å². The van der Waals surface area contributed by atoms with E-state index in [-0.39, 0.29) is 5.41 Å². The highest BCUT2D eigenvalue weighted by Gasteiger charge is 2.52. The number of fused-ring (bicyclic) bond motifs is 13. The minimum absolute atomic E-state index is 0.381. The van der Waals surface area contributed by atoms with Crippen molar-refractivity contribution in [3.63, 3.8) is 0 Å². The van der Waals surface area contributed by atoms with Gasteiger partial charge in [0.1, 0.15) is 0 Å². The predicted octanol–water partition coefficient (Wildman–Crippen LogP) is 14.6. The normalized spacial score (nSPS) is 13.6. The molecule has 0 saturated heterocycles. The SMILES string of the molecule is c1ccc2c(c1)-c1ccccc1C21c2cc3cc(-c4ccc(-c5ccc6ccc7cccc8ccc5c6c78)cc4)ccc3cc2-c2c1ccc1ccccc21. The average molecular weight is 693 g/mol. The highest BCUT2D eigenvalue weighted by atomic mass is 14.5. The Hall–Kier alpha value is -7.02. The van der Waals surface area contributed by atoms with Crippen LogP contribution in [0.2, 0.25) is 0 Å². The molecule has 0 amide bonds. The molecule has 0 heterocycles. The Kier molecular flexibility index (Phi) is 5.65. The summed E-state index contributed by atoms with van der Waals surface area (Å²) < 4.78 is 0. The van der Waals surface area contributed by atoms with Crippen LogP contribution in [-0.2, 0) is 5.41 Å². The largest absolute Gasteiger partial charge is 0.0725 e. The van der Waals surface area contributed by atoms with Crippen LogP contribution >= 0.6 is 0 Å². The molecule has 0 unspecified atom stereocenters. The maximum Gasteiger partial charge on any atom is 0.0725 e. The van der Waals surface area contributed by atoms with Crippen molar-refractivity contribution in [3.8, 4) is 44.5 Å². The van der Waals surface area contributed by atoms with Gasteiger partial charge < -0.3 is 0 Å². The summed E-state index contributed by atoms with van der Waals surface area (Å²) in [6.45, 7) is 0. The molecule has 2 aliphatic rings. The zero-order valence-electron chi connectivity index (χ0n) is 30.0. The van der Waals surface area contributed by atoms with Crippen LogP contribution in [0.25, 0.3) is 98.4 Å². The molecule has 252 valence electrons. The van der Waals surface area contributed by atoms with Gasteiger partial charge in [0.2, 0.25) is 0 Å². The quantitative estimate of drug-likeness (QED) is 0.158. The van der Waals surface area contributed by atoms with Crippen LogP contribution in [0.4, 0.5) is 0 Å². The zero-order valence-corrected chi connectivity index (χ0v) is 30.0. The van der Waals surface area contributed by atoms with Gasteiger partial charge in [-0.3, -0.25) is 0 Å². The molecule has 11 aromatic rings. The third kappa shape index (κ3) is 3.76. The van der Waals surface area contributed by atoms with Gasteiger partial charge in [-0.2, -0.15) is 0 Å². The second-order valence-electron chi connectivity index (χ2n) is 15.6. The van der Waals surface area contributed by atoms with Crippen molar-refractivity contribution in [2.45, 2.75) is 5.41 Å². The molecule has 11 aromatic carbocycles. The number of hydrogen-bond donors (Lipinski definition) is 0. The molecule has 13 rings (SSSR count). The van der Waals surface area contributed by atoms with Gasteiger partial charge >= 0.3 is 0 Å². The Balaban J connectivity index is 0.988. The summed E-state index contributed by atoms with van der Waals surface area (Å²) in [4.78, 5) is 0. The Bertz CT molecular complexity index is 3360. The molecule has 0 atom stereocenters. The average Bonchev–Trinajstić information content (AvgIpc) is 3.71. The van der Waals surface area contributed by atoms with Gasteiger partial charge in [0.25, 0.3) is 0 Å². The molecule has 55 heavy (non-hydrogen) atoms. The predicted molar refractivity (Wildman–Crippen MR) is 232 cm³/mol. The Morgan fingerprint density at radius 1 is 0.255 bits per heavy atom. The van der Waals surface area contributed by atoms with Gasteiger partial charge in [-0.05, 0) is 139 Å². The molecular weight excluding hydrogens is 661 g/mol. The first-order valence-electron chi connectivity index (χ1n) is 19.3. The van der Waals surface area contributed by atoms with Crippen LogP contribution in [0, 0.1) is 0 Å². The summed E-state index contributed by atoms with van der Waals surface area (Å²) in [5, 5.41) is 13.1. The molecule has 2 aliphatic carbocycles. The molecule has 0 fully saturated rings. The molecule has 0 saturated carbocycles. The van der Waals surface area contributed by atoms with Crippen molar-refractivity contribution in [3.05, 3.63) is 216 Å². The number of rotatable bonds is 2. The van der Waals surface area contributed by atoms with E-state index in [0.717, 1.165) is 0 Å². The molecule has 0 heteroatoms. The van der Waals surface area contributed by atoms with Crippen LogP contribution in [0.1, 0.15) is 22.3 Å². The molecule has 0 N–H and O–H groups in total. The van der Waals surface area contributed by atoms with Crippen LogP contribution < -0.4 is 0 Å². The molecule has 0 radical (unpaired) electrons. The molecular formula is C55H32. The lowest BCUT2D eigenvalue weighted by molar-refractivity contribution is 0.795. The molecule has 0 aromatic heterocycles. The lowest BCUT2D eigenvalue weighted by Gasteiger charge is -2.30. The van der Waals surface area contributed by atoms with E-state index in [9.17, 15) is 0 Å². The van der Waals surface area contributed by atoms with Gasteiger partial charge in [-0.15, -0.1) is 0 Å². The Morgan fingerprint density at radius 2 is 0.855 bits per heavy atom. The lowest BCUT2D eigenvalue weighted by Crippen LogP contribution is -2.25. The van der Waals surface area contributed by atoms with Crippen molar-refractivity contribution in [2.75, 3.05) is 0 Å². The minimum atomic E-state index is -0.381. The monoisotopic (exact) mass is 692 g/mol. The van der Waals surface area contributed by atoms with Gasteiger partial charge in [0.15, 0.2) is 0 Å². The van der Waals surface area contributed by atoms with E-state index >= 15 is 0 Å². The molecule has 0 bridgehead atoms. The minimum Gasteiger partial charge on any atom is -0.0619 e. The van der Waals surface area contributed by atoms with Crippen molar-refractivity contribution in [2.24, 2.45) is 0 Å². The Morgan fingerprint density at radius 3 is 1.65 bits per heavy atom. The van der Waals surface area contributed by atoms with Gasteiger partial charge in [0, 0.05) is 0 Å². The van der Waals surface area contributed by atoms with Crippen LogP contribution in [0.15, 0.2) is 194 Å². The van der Waals surface area contributed by atoms with Gasteiger partial charge in [-0.25, -0.2) is 0 Å². The standard InChI is InChI=1S/C55H32/c1-2-11-43-34(8-1)26-29-50-54(43)47-31-40-23-22-39(30-41(40)32-51(47)55(50)48-14-5-3-12-44(48)45-13-4-6-15-49(45)55)33-16-18-35(19-17-33)42-27-24-38-21-20-36-9-7-10-37-25-28-46(42)53(38)52(36)37/h1-32H.